The van der Waals surface area contributed by atoms with Crippen molar-refractivity contribution >= 4 is 5.78 Å². The van der Waals surface area contributed by atoms with Crippen LogP contribution in [0.15, 0.2) is 0 Å². The maximum Gasteiger partial charge on any atom is 0.136 e. The van der Waals surface area contributed by atoms with Crippen molar-refractivity contribution in [3.05, 3.63) is 0 Å². The summed E-state index contributed by atoms with van der Waals surface area (Å²) in [7, 11) is 0. The molecule has 0 bridgehead atoms. The van der Waals surface area contributed by atoms with Crippen molar-refractivity contribution in [2.24, 2.45) is 5.92 Å². The maximum absolute atomic E-state index is 11.5. The highest BCUT2D eigenvalue weighted by atomic mass is 16.3. The molecule has 0 heterocycles. The van der Waals surface area contributed by atoms with Gasteiger partial charge in [0.2, 0.25) is 0 Å². The number of hydrogen-bond donors (Lipinski definition) is 1. The Hall–Kier alpha value is -0.370. The summed E-state index contributed by atoms with van der Waals surface area (Å²) in [5.41, 5.74) is -0.497. The van der Waals surface area contributed by atoms with E-state index < -0.39 is 5.60 Å². The fourth-order valence-electron chi connectivity index (χ4n) is 2.43. The van der Waals surface area contributed by atoms with Crippen molar-refractivity contribution in [1.82, 2.24) is 0 Å². The summed E-state index contributed by atoms with van der Waals surface area (Å²) >= 11 is 0. The van der Waals surface area contributed by atoms with Crippen LogP contribution in [0.2, 0.25) is 0 Å². The van der Waals surface area contributed by atoms with Crippen LogP contribution in [-0.4, -0.2) is 16.5 Å². The molecule has 0 amide bonds. The normalized spacial score (nSPS) is 26.1. The summed E-state index contributed by atoms with van der Waals surface area (Å²) in [6.07, 6.45) is 8.84. The van der Waals surface area contributed by atoms with Crippen LogP contribution in [0.3, 0.4) is 0 Å². The summed E-state index contributed by atoms with van der Waals surface area (Å²) < 4.78 is 0. The van der Waals surface area contributed by atoms with E-state index in [1.807, 2.05) is 0 Å². The van der Waals surface area contributed by atoms with Crippen molar-refractivity contribution in [1.29, 1.82) is 0 Å². The van der Waals surface area contributed by atoms with Crippen LogP contribution < -0.4 is 0 Å². The molecule has 2 saturated carbocycles. The van der Waals surface area contributed by atoms with Crippen molar-refractivity contribution in [2.45, 2.75) is 63.4 Å². The fraction of sp³-hybridized carbons (Fsp3) is 0.917. The Morgan fingerprint density at radius 3 is 2.43 bits per heavy atom. The molecular weight excluding hydrogens is 176 g/mol. The van der Waals surface area contributed by atoms with Crippen molar-refractivity contribution in [3.8, 4) is 0 Å². The van der Waals surface area contributed by atoms with Gasteiger partial charge in [-0.3, -0.25) is 4.79 Å². The number of carbonyl (C=O) groups is 1. The Morgan fingerprint density at radius 1 is 1.21 bits per heavy atom. The van der Waals surface area contributed by atoms with E-state index in [9.17, 15) is 9.90 Å². The number of aliphatic hydroxyl groups is 1. The average Bonchev–Trinajstić information content (AvgIpc) is 2.99. The Kier molecular flexibility index (Phi) is 2.91. The molecule has 0 aromatic heterocycles. The average molecular weight is 196 g/mol. The van der Waals surface area contributed by atoms with Crippen LogP contribution in [0.1, 0.15) is 57.8 Å². The van der Waals surface area contributed by atoms with Gasteiger partial charge in [0, 0.05) is 12.3 Å². The number of ketones is 1. The third-order valence-corrected chi connectivity index (χ3v) is 3.65. The molecule has 2 rings (SSSR count). The van der Waals surface area contributed by atoms with Crippen molar-refractivity contribution < 1.29 is 9.90 Å². The van der Waals surface area contributed by atoms with Gasteiger partial charge in [-0.2, -0.15) is 0 Å². The molecule has 2 fully saturated rings. The van der Waals surface area contributed by atoms with Gasteiger partial charge in [-0.05, 0) is 32.1 Å². The molecule has 0 atom stereocenters. The first-order valence-corrected chi connectivity index (χ1v) is 5.95. The monoisotopic (exact) mass is 196 g/mol. The van der Waals surface area contributed by atoms with Gasteiger partial charge in [0.15, 0.2) is 0 Å². The first-order valence-electron chi connectivity index (χ1n) is 5.95. The molecule has 0 radical (unpaired) electrons. The van der Waals surface area contributed by atoms with E-state index in [-0.39, 0.29) is 0 Å². The van der Waals surface area contributed by atoms with Crippen LogP contribution in [0, 0.1) is 5.92 Å². The van der Waals surface area contributed by atoms with E-state index in [1.165, 1.54) is 6.42 Å². The molecule has 2 aliphatic carbocycles. The number of hydrogen-bond acceptors (Lipinski definition) is 2. The van der Waals surface area contributed by atoms with Gasteiger partial charge in [0.25, 0.3) is 0 Å². The topological polar surface area (TPSA) is 37.3 Å². The molecule has 14 heavy (non-hydrogen) atoms. The van der Waals surface area contributed by atoms with Crippen LogP contribution in [0.4, 0.5) is 0 Å². The molecular formula is C12H20O2. The molecule has 0 aliphatic heterocycles. The second kappa shape index (κ2) is 4.01. The fourth-order valence-corrected chi connectivity index (χ4v) is 2.43. The van der Waals surface area contributed by atoms with E-state index in [0.717, 1.165) is 38.5 Å². The minimum absolute atomic E-state index is 0.363. The SMILES string of the molecule is O=C(CCC1(O)CCCCC1)C1CC1. The van der Waals surface area contributed by atoms with Gasteiger partial charge in [0.1, 0.15) is 5.78 Å². The minimum atomic E-state index is -0.497. The zero-order valence-corrected chi connectivity index (χ0v) is 8.80. The smallest absolute Gasteiger partial charge is 0.136 e. The van der Waals surface area contributed by atoms with Gasteiger partial charge in [-0.15, -0.1) is 0 Å². The summed E-state index contributed by atoms with van der Waals surface area (Å²) in [6, 6.07) is 0. The van der Waals surface area contributed by atoms with Crippen molar-refractivity contribution in [3.63, 3.8) is 0 Å². The van der Waals surface area contributed by atoms with Crippen molar-refractivity contribution in [2.75, 3.05) is 0 Å². The molecule has 2 aliphatic rings. The third-order valence-electron chi connectivity index (χ3n) is 3.65. The largest absolute Gasteiger partial charge is 0.390 e. The summed E-state index contributed by atoms with van der Waals surface area (Å²) in [4.78, 5) is 11.5. The molecule has 80 valence electrons. The lowest BCUT2D eigenvalue weighted by atomic mass is 9.81. The highest BCUT2D eigenvalue weighted by molar-refractivity contribution is 5.83. The number of rotatable bonds is 4. The Bertz CT molecular complexity index is 212. The lowest BCUT2D eigenvalue weighted by Crippen LogP contribution is -2.32. The third kappa shape index (κ3) is 2.57. The van der Waals surface area contributed by atoms with E-state index in [0.29, 0.717) is 24.5 Å². The van der Waals surface area contributed by atoms with Gasteiger partial charge < -0.3 is 5.11 Å². The van der Waals surface area contributed by atoms with Crippen LogP contribution in [0.25, 0.3) is 0 Å². The number of Topliss-reactive ketones (excluding diaryl/α,β-unsaturated/α-hetero) is 1. The van der Waals surface area contributed by atoms with Gasteiger partial charge >= 0.3 is 0 Å². The second-order valence-corrected chi connectivity index (χ2v) is 5.03. The van der Waals surface area contributed by atoms with Crippen LogP contribution in [-0.2, 0) is 4.79 Å². The standard InChI is InChI=1S/C12H20O2/c13-11(10-4-5-10)6-9-12(14)7-2-1-3-8-12/h10,14H,1-9H2. The second-order valence-electron chi connectivity index (χ2n) is 5.03. The molecule has 2 heteroatoms. The number of carbonyl (C=O) groups excluding carboxylic acids is 1. The lowest BCUT2D eigenvalue weighted by molar-refractivity contribution is -0.122. The summed E-state index contributed by atoms with van der Waals surface area (Å²) in [5, 5.41) is 10.2. The molecule has 0 aromatic rings. The first kappa shape index (κ1) is 10.2. The van der Waals surface area contributed by atoms with Crippen LogP contribution >= 0.6 is 0 Å². The summed E-state index contributed by atoms with van der Waals surface area (Å²) in [6.45, 7) is 0. The zero-order valence-electron chi connectivity index (χ0n) is 8.80. The Balaban J connectivity index is 1.74. The molecule has 1 N–H and O–H groups in total. The Labute approximate surface area is 85.7 Å². The highest BCUT2D eigenvalue weighted by Crippen LogP contribution is 2.35. The Morgan fingerprint density at radius 2 is 1.86 bits per heavy atom. The molecule has 0 aromatic carbocycles. The molecule has 0 unspecified atom stereocenters. The van der Waals surface area contributed by atoms with Gasteiger partial charge in [-0.1, -0.05) is 19.3 Å². The van der Waals surface area contributed by atoms with Gasteiger partial charge in [0.05, 0.1) is 5.60 Å². The predicted molar refractivity (Wildman–Crippen MR) is 55.0 cm³/mol. The van der Waals surface area contributed by atoms with E-state index in [1.54, 1.807) is 0 Å². The molecule has 0 spiro atoms. The highest BCUT2D eigenvalue weighted by Gasteiger charge is 2.33. The van der Waals surface area contributed by atoms with E-state index >= 15 is 0 Å². The minimum Gasteiger partial charge on any atom is -0.390 e. The van der Waals surface area contributed by atoms with E-state index in [2.05, 4.69) is 0 Å². The lowest BCUT2D eigenvalue weighted by Gasteiger charge is -2.31. The molecule has 2 nitrogen and oxygen atoms in total. The summed E-state index contributed by atoms with van der Waals surface area (Å²) in [5.74, 6) is 0.756. The van der Waals surface area contributed by atoms with Crippen LogP contribution in [0.5, 0.6) is 0 Å². The molecule has 0 saturated heterocycles. The first-order chi connectivity index (χ1) is 6.70. The van der Waals surface area contributed by atoms with Gasteiger partial charge in [-0.25, -0.2) is 0 Å². The predicted octanol–water partition coefficient (Wildman–Crippen LogP) is 2.44. The zero-order chi connectivity index (χ0) is 10.0. The van der Waals surface area contributed by atoms with E-state index in [4.69, 9.17) is 0 Å². The quantitative estimate of drug-likeness (QED) is 0.750. The maximum atomic E-state index is 11.5.